The van der Waals surface area contributed by atoms with Crippen LogP contribution in [0.1, 0.15) is 28.7 Å². The zero-order chi connectivity index (χ0) is 27.5. The molecule has 0 radical (unpaired) electrons. The second-order valence-electron chi connectivity index (χ2n) is 9.67. The van der Waals surface area contributed by atoms with Crippen LogP contribution in [0.3, 0.4) is 0 Å². The predicted octanol–water partition coefficient (Wildman–Crippen LogP) is 4.87. The van der Waals surface area contributed by atoms with Gasteiger partial charge in [-0.3, -0.25) is 4.98 Å². The Labute approximate surface area is 231 Å². The average molecular weight is 533 g/mol. The fourth-order valence-corrected chi connectivity index (χ4v) is 5.21. The molecule has 2 aromatic heterocycles. The summed E-state index contributed by atoms with van der Waals surface area (Å²) in [7, 11) is 0. The molecule has 8 nitrogen and oxygen atoms in total. The Kier molecular flexibility index (Phi) is 7.09. The summed E-state index contributed by atoms with van der Waals surface area (Å²) in [4.78, 5) is 16.7. The summed E-state index contributed by atoms with van der Waals surface area (Å²) in [5.74, 6) is -0.0691. The number of fused-ring (bicyclic) bond motifs is 3. The van der Waals surface area contributed by atoms with Gasteiger partial charge >= 0.3 is 6.09 Å². The molecule has 40 heavy (non-hydrogen) atoms. The van der Waals surface area contributed by atoms with E-state index in [1.54, 1.807) is 35.4 Å². The van der Waals surface area contributed by atoms with Crippen LogP contribution in [0.5, 0.6) is 0 Å². The highest BCUT2D eigenvalue weighted by Crippen LogP contribution is 2.44. The van der Waals surface area contributed by atoms with E-state index in [2.05, 4.69) is 39.7 Å². The lowest BCUT2D eigenvalue weighted by molar-refractivity contribution is 0.0188. The largest absolute Gasteiger partial charge is 0.449 e. The lowest BCUT2D eigenvalue weighted by Crippen LogP contribution is -2.36. The van der Waals surface area contributed by atoms with Crippen molar-refractivity contribution in [2.45, 2.75) is 18.1 Å². The lowest BCUT2D eigenvalue weighted by atomic mass is 9.98. The Hall–Kier alpha value is -4.79. The zero-order valence-corrected chi connectivity index (χ0v) is 21.6. The Morgan fingerprint density at radius 2 is 1.50 bits per heavy atom. The Bertz CT molecular complexity index is 1580. The van der Waals surface area contributed by atoms with Gasteiger partial charge in [-0.25, -0.2) is 9.48 Å². The topological polar surface area (TPSA) is 110 Å². The van der Waals surface area contributed by atoms with Crippen molar-refractivity contribution < 1.29 is 19.7 Å². The number of hydrogen-bond donors (Lipinski definition) is 3. The number of aliphatic hydroxyl groups excluding tert-OH is 2. The summed E-state index contributed by atoms with van der Waals surface area (Å²) in [6.07, 6.45) is 1.70. The van der Waals surface area contributed by atoms with Crippen molar-refractivity contribution in [2.24, 2.45) is 0 Å². The smallest absolute Gasteiger partial charge is 0.407 e. The van der Waals surface area contributed by atoms with Crippen LogP contribution in [0.15, 0.2) is 110 Å². The molecular formula is C32H28N4O4. The molecule has 5 aromatic rings. The Morgan fingerprint density at radius 1 is 0.875 bits per heavy atom. The molecule has 3 N–H and O–H groups in total. The van der Waals surface area contributed by atoms with Crippen molar-refractivity contribution in [3.05, 3.63) is 126 Å². The van der Waals surface area contributed by atoms with Crippen LogP contribution in [-0.4, -0.2) is 50.3 Å². The van der Waals surface area contributed by atoms with E-state index in [-0.39, 0.29) is 19.1 Å². The summed E-state index contributed by atoms with van der Waals surface area (Å²) in [6, 6.07) is 29.3. The van der Waals surface area contributed by atoms with E-state index in [4.69, 9.17) is 4.74 Å². The van der Waals surface area contributed by atoms with Crippen molar-refractivity contribution in [2.75, 3.05) is 13.2 Å². The van der Waals surface area contributed by atoms with Crippen molar-refractivity contribution in [1.82, 2.24) is 20.1 Å². The van der Waals surface area contributed by atoms with Gasteiger partial charge in [0.05, 0.1) is 11.4 Å². The van der Waals surface area contributed by atoms with Crippen LogP contribution >= 0.6 is 0 Å². The normalized spacial score (nSPS) is 13.8. The monoisotopic (exact) mass is 532 g/mol. The fourth-order valence-electron chi connectivity index (χ4n) is 5.21. The molecule has 2 heterocycles. The first-order valence-corrected chi connectivity index (χ1v) is 13.1. The highest BCUT2D eigenvalue weighted by atomic mass is 16.5. The van der Waals surface area contributed by atoms with Gasteiger partial charge in [0.25, 0.3) is 0 Å². The van der Waals surface area contributed by atoms with Gasteiger partial charge in [0, 0.05) is 42.2 Å². The first-order chi connectivity index (χ1) is 19.6. The molecule has 0 fully saturated rings. The minimum Gasteiger partial charge on any atom is -0.449 e. The number of aromatic nitrogens is 3. The number of alkyl carbamates (subject to hydrolysis) is 1. The fraction of sp³-hybridized carbons (Fsp3) is 0.156. The third-order valence-electron chi connectivity index (χ3n) is 7.20. The maximum absolute atomic E-state index is 12.6. The average Bonchev–Trinajstić information content (AvgIpc) is 3.60. The van der Waals surface area contributed by atoms with Gasteiger partial charge in [-0.05, 0) is 46.5 Å². The number of ether oxygens (including phenoxy) is 1. The molecule has 8 heteroatoms. The third kappa shape index (κ3) is 4.98. The highest BCUT2D eigenvalue weighted by molar-refractivity contribution is 5.79. The van der Waals surface area contributed by atoms with E-state index in [1.165, 1.54) is 0 Å². The number of pyridine rings is 1. The van der Waals surface area contributed by atoms with Gasteiger partial charge in [-0.2, -0.15) is 5.10 Å². The summed E-state index contributed by atoms with van der Waals surface area (Å²) in [6.45, 7) is -0.0430. The third-order valence-corrected chi connectivity index (χ3v) is 7.20. The predicted molar refractivity (Wildman–Crippen MR) is 151 cm³/mol. The molecule has 200 valence electrons. The molecule has 3 aromatic carbocycles. The minimum atomic E-state index is -1.31. The maximum Gasteiger partial charge on any atom is 0.407 e. The molecule has 1 aliphatic carbocycles. The van der Waals surface area contributed by atoms with Gasteiger partial charge < -0.3 is 20.3 Å². The molecular weight excluding hydrogens is 504 g/mol. The van der Waals surface area contributed by atoms with E-state index in [0.717, 1.165) is 33.5 Å². The first kappa shape index (κ1) is 25.5. The van der Waals surface area contributed by atoms with Crippen LogP contribution in [0, 0.1) is 0 Å². The maximum atomic E-state index is 12.6. The van der Waals surface area contributed by atoms with Gasteiger partial charge in [0.1, 0.15) is 18.8 Å². The van der Waals surface area contributed by atoms with Crippen LogP contribution in [0.4, 0.5) is 4.79 Å². The number of rotatable bonds is 8. The Morgan fingerprint density at radius 3 is 2.17 bits per heavy atom. The number of amides is 1. The van der Waals surface area contributed by atoms with Gasteiger partial charge in [0.15, 0.2) is 0 Å². The van der Waals surface area contributed by atoms with E-state index >= 15 is 0 Å². The van der Waals surface area contributed by atoms with Crippen LogP contribution in [0.25, 0.3) is 28.1 Å². The molecule has 0 spiro atoms. The van der Waals surface area contributed by atoms with Crippen LogP contribution in [0.2, 0.25) is 0 Å². The van der Waals surface area contributed by atoms with Crippen LogP contribution < -0.4 is 5.32 Å². The molecule has 1 aliphatic rings. The van der Waals surface area contributed by atoms with E-state index in [0.29, 0.717) is 11.3 Å². The number of aliphatic hydroxyl groups is 2. The van der Waals surface area contributed by atoms with Crippen molar-refractivity contribution >= 4 is 6.09 Å². The van der Waals surface area contributed by atoms with Crippen molar-refractivity contribution in [1.29, 1.82) is 0 Å². The molecule has 2 unspecified atom stereocenters. The van der Waals surface area contributed by atoms with E-state index in [9.17, 15) is 15.0 Å². The van der Waals surface area contributed by atoms with E-state index < -0.39 is 18.3 Å². The molecule has 0 bridgehead atoms. The number of carbonyl (C=O) groups is 1. The quantitative estimate of drug-likeness (QED) is 0.263. The number of carbonyl (C=O) groups excluding carboxylic acids is 1. The van der Waals surface area contributed by atoms with Crippen molar-refractivity contribution in [3.63, 3.8) is 0 Å². The minimum absolute atomic E-state index is 0.0691. The Balaban J connectivity index is 1.13. The molecule has 2 atom stereocenters. The number of nitrogens with zero attached hydrogens (tertiary/aromatic N) is 3. The SMILES string of the molecule is O=C(NCC(O)C(O)c1cn(-c2ccccc2)nc1-c1ccncc1)OCC1c2ccccc2-c2ccccc21. The summed E-state index contributed by atoms with van der Waals surface area (Å²) in [5, 5.41) is 29.2. The first-order valence-electron chi connectivity index (χ1n) is 13.1. The summed E-state index contributed by atoms with van der Waals surface area (Å²) in [5.41, 5.74) is 7.02. The number of hydrogen-bond acceptors (Lipinski definition) is 6. The van der Waals surface area contributed by atoms with E-state index in [1.807, 2.05) is 54.6 Å². The molecule has 0 aliphatic heterocycles. The van der Waals surface area contributed by atoms with Gasteiger partial charge in [-0.15, -0.1) is 0 Å². The van der Waals surface area contributed by atoms with Gasteiger partial charge in [-0.1, -0.05) is 66.7 Å². The van der Waals surface area contributed by atoms with Crippen LogP contribution in [-0.2, 0) is 4.74 Å². The van der Waals surface area contributed by atoms with Gasteiger partial charge in [0.2, 0.25) is 0 Å². The highest BCUT2D eigenvalue weighted by Gasteiger charge is 2.30. The molecule has 6 rings (SSSR count). The summed E-state index contributed by atoms with van der Waals surface area (Å²) >= 11 is 0. The lowest BCUT2D eigenvalue weighted by Gasteiger charge is -2.19. The molecule has 0 saturated heterocycles. The zero-order valence-electron chi connectivity index (χ0n) is 21.6. The number of para-hydroxylation sites is 1. The number of nitrogens with one attached hydrogen (secondary N) is 1. The van der Waals surface area contributed by atoms with Crippen molar-refractivity contribution in [3.8, 4) is 28.1 Å². The standard InChI is InChI=1S/C32H28N4O4/c37-29(18-34-32(39)40-20-28-25-12-6-4-10-23(25)24-11-5-7-13-26(24)28)31(38)27-19-36(22-8-2-1-3-9-22)35-30(27)21-14-16-33-17-15-21/h1-17,19,28-29,31,37-38H,18,20H2,(H,34,39). The number of benzene rings is 3. The molecule has 0 saturated carbocycles. The second-order valence-corrected chi connectivity index (χ2v) is 9.67. The summed E-state index contributed by atoms with van der Waals surface area (Å²) < 4.78 is 7.22. The second kappa shape index (κ2) is 11.1. The molecule has 1 amide bonds.